The van der Waals surface area contributed by atoms with Gasteiger partial charge in [-0.15, -0.1) is 0 Å². The van der Waals surface area contributed by atoms with Crippen molar-refractivity contribution in [3.63, 3.8) is 0 Å². The second-order valence-corrected chi connectivity index (χ2v) is 4.35. The fourth-order valence-corrected chi connectivity index (χ4v) is 2.41. The third-order valence-electron chi connectivity index (χ3n) is 3.27. The molecule has 0 fully saturated rings. The Morgan fingerprint density at radius 1 is 1.12 bits per heavy atom. The lowest BCUT2D eigenvalue weighted by molar-refractivity contribution is 0.152. The first-order valence-corrected chi connectivity index (χ1v) is 5.87. The smallest absolute Gasteiger partial charge is 0.0558 e. The zero-order valence-electron chi connectivity index (χ0n) is 9.47. The van der Waals surface area contributed by atoms with Crippen molar-refractivity contribution in [2.24, 2.45) is 0 Å². The van der Waals surface area contributed by atoms with Crippen LogP contribution in [0.1, 0.15) is 17.0 Å². The number of fused-ring (bicyclic) bond motifs is 1. The molecule has 0 aliphatic heterocycles. The van der Waals surface area contributed by atoms with E-state index in [0.29, 0.717) is 19.0 Å². The van der Waals surface area contributed by atoms with Crippen LogP contribution in [0.4, 0.5) is 0 Å². The number of benzene rings is 1. The maximum Gasteiger partial charge on any atom is 0.0558 e. The minimum absolute atomic E-state index is 0.161. The number of nitrogens with zero attached hydrogens (tertiary/aromatic N) is 1. The van der Waals surface area contributed by atoms with Crippen LogP contribution in [0, 0.1) is 0 Å². The van der Waals surface area contributed by atoms with Gasteiger partial charge >= 0.3 is 0 Å². The summed E-state index contributed by atoms with van der Waals surface area (Å²) in [6.07, 6.45) is 1.13. The van der Waals surface area contributed by atoms with Gasteiger partial charge in [0.25, 0.3) is 0 Å². The van der Waals surface area contributed by atoms with E-state index >= 15 is 0 Å². The molecule has 0 radical (unpaired) electrons. The van der Waals surface area contributed by atoms with E-state index in [1.54, 1.807) is 0 Å². The minimum Gasteiger partial charge on any atom is -0.395 e. The third-order valence-corrected chi connectivity index (χ3v) is 3.27. The molecule has 1 aromatic rings. The summed E-state index contributed by atoms with van der Waals surface area (Å²) in [6.45, 7) is 2.57. The molecule has 0 heterocycles. The largest absolute Gasteiger partial charge is 0.395 e. The average Bonchev–Trinajstić information content (AvgIpc) is 2.26. The van der Waals surface area contributed by atoms with Gasteiger partial charge in [0, 0.05) is 25.6 Å². The molecule has 1 aliphatic rings. The Bertz CT molecular complexity index is 334. The van der Waals surface area contributed by atoms with Crippen molar-refractivity contribution in [1.82, 2.24) is 4.90 Å². The summed E-state index contributed by atoms with van der Waals surface area (Å²) in [5.41, 5.74) is 2.88. The number of aliphatic hydroxyl groups excluding tert-OH is 2. The number of hydrogen-bond donors (Lipinski definition) is 2. The van der Waals surface area contributed by atoms with Crippen LogP contribution in [0.2, 0.25) is 0 Å². The van der Waals surface area contributed by atoms with E-state index in [-0.39, 0.29) is 13.2 Å². The van der Waals surface area contributed by atoms with Crippen molar-refractivity contribution in [2.45, 2.75) is 12.3 Å². The van der Waals surface area contributed by atoms with Gasteiger partial charge in [-0.3, -0.25) is 4.90 Å². The van der Waals surface area contributed by atoms with Crippen molar-refractivity contribution in [2.75, 3.05) is 32.8 Å². The van der Waals surface area contributed by atoms with Crippen LogP contribution >= 0.6 is 0 Å². The molecule has 0 bridgehead atoms. The van der Waals surface area contributed by atoms with E-state index in [9.17, 15) is 0 Å². The second kappa shape index (κ2) is 5.43. The van der Waals surface area contributed by atoms with E-state index in [0.717, 1.165) is 13.0 Å². The van der Waals surface area contributed by atoms with Gasteiger partial charge in [-0.2, -0.15) is 0 Å². The average molecular weight is 221 g/mol. The van der Waals surface area contributed by atoms with Gasteiger partial charge in [-0.25, -0.2) is 0 Å². The first kappa shape index (κ1) is 11.6. The lowest BCUT2D eigenvalue weighted by Crippen LogP contribution is -2.37. The molecule has 2 N–H and O–H groups in total. The van der Waals surface area contributed by atoms with Gasteiger partial charge in [0.15, 0.2) is 0 Å². The quantitative estimate of drug-likeness (QED) is 0.740. The molecule has 0 saturated heterocycles. The van der Waals surface area contributed by atoms with Crippen LogP contribution in [0.25, 0.3) is 0 Å². The molecule has 16 heavy (non-hydrogen) atoms. The summed E-state index contributed by atoms with van der Waals surface area (Å²) in [7, 11) is 0. The summed E-state index contributed by atoms with van der Waals surface area (Å²) in [5.74, 6) is 0.578. The molecule has 0 saturated carbocycles. The highest BCUT2D eigenvalue weighted by atomic mass is 16.3. The Hall–Kier alpha value is -0.900. The molecule has 1 aliphatic carbocycles. The van der Waals surface area contributed by atoms with E-state index in [1.165, 1.54) is 11.1 Å². The minimum atomic E-state index is 0.161. The maximum absolute atomic E-state index is 8.94. The molecule has 2 rings (SSSR count). The number of aliphatic hydroxyl groups is 2. The van der Waals surface area contributed by atoms with Gasteiger partial charge in [-0.1, -0.05) is 24.3 Å². The van der Waals surface area contributed by atoms with Crippen molar-refractivity contribution in [3.8, 4) is 0 Å². The van der Waals surface area contributed by atoms with E-state index in [4.69, 9.17) is 10.2 Å². The first-order valence-electron chi connectivity index (χ1n) is 5.87. The summed E-state index contributed by atoms with van der Waals surface area (Å²) in [5, 5.41) is 17.9. The third kappa shape index (κ3) is 2.43. The lowest BCUT2D eigenvalue weighted by atomic mass is 9.77. The topological polar surface area (TPSA) is 43.7 Å². The SMILES string of the molecule is OCCN(CCO)CC1Cc2ccccc21. The van der Waals surface area contributed by atoms with Gasteiger partial charge in [0.05, 0.1) is 13.2 Å². The molecule has 3 nitrogen and oxygen atoms in total. The maximum atomic E-state index is 8.94. The van der Waals surface area contributed by atoms with Crippen molar-refractivity contribution < 1.29 is 10.2 Å². The molecular formula is C13H19NO2. The fourth-order valence-electron chi connectivity index (χ4n) is 2.41. The summed E-state index contributed by atoms with van der Waals surface area (Å²) in [6, 6.07) is 8.51. The Morgan fingerprint density at radius 2 is 1.81 bits per heavy atom. The molecule has 1 aromatic carbocycles. The standard InChI is InChI=1S/C13H19NO2/c15-7-5-14(6-8-16)10-12-9-11-3-1-2-4-13(11)12/h1-4,12,15-16H,5-10H2. The Morgan fingerprint density at radius 3 is 2.44 bits per heavy atom. The molecule has 0 spiro atoms. The monoisotopic (exact) mass is 221 g/mol. The van der Waals surface area contributed by atoms with Gasteiger partial charge < -0.3 is 10.2 Å². The number of rotatable bonds is 6. The normalized spacial score (nSPS) is 18.3. The van der Waals surface area contributed by atoms with Gasteiger partial charge in [-0.05, 0) is 17.5 Å². The summed E-state index contributed by atoms with van der Waals surface area (Å²) < 4.78 is 0. The fraction of sp³-hybridized carbons (Fsp3) is 0.538. The van der Waals surface area contributed by atoms with Crippen LogP contribution in [0.3, 0.4) is 0 Å². The molecular weight excluding hydrogens is 202 g/mol. The van der Waals surface area contributed by atoms with Crippen molar-refractivity contribution in [1.29, 1.82) is 0 Å². The molecule has 1 atom stereocenters. The Labute approximate surface area is 96.3 Å². The van der Waals surface area contributed by atoms with Crippen molar-refractivity contribution >= 4 is 0 Å². The van der Waals surface area contributed by atoms with Crippen LogP contribution in [0.15, 0.2) is 24.3 Å². The summed E-state index contributed by atoms with van der Waals surface area (Å²) in [4.78, 5) is 2.13. The first-order chi connectivity index (χ1) is 7.85. The molecule has 3 heteroatoms. The van der Waals surface area contributed by atoms with Crippen LogP contribution in [-0.4, -0.2) is 48.0 Å². The van der Waals surface area contributed by atoms with E-state index < -0.39 is 0 Å². The van der Waals surface area contributed by atoms with Gasteiger partial charge in [0.2, 0.25) is 0 Å². The highest BCUT2D eigenvalue weighted by Crippen LogP contribution is 2.35. The van der Waals surface area contributed by atoms with Gasteiger partial charge in [0.1, 0.15) is 0 Å². The molecule has 88 valence electrons. The van der Waals surface area contributed by atoms with E-state index in [2.05, 4.69) is 29.2 Å². The zero-order chi connectivity index (χ0) is 11.4. The van der Waals surface area contributed by atoms with E-state index in [1.807, 2.05) is 0 Å². The van der Waals surface area contributed by atoms with Crippen LogP contribution < -0.4 is 0 Å². The van der Waals surface area contributed by atoms with Crippen molar-refractivity contribution in [3.05, 3.63) is 35.4 Å². The zero-order valence-corrected chi connectivity index (χ0v) is 9.47. The highest BCUT2D eigenvalue weighted by molar-refractivity contribution is 5.40. The predicted octanol–water partition coefficient (Wildman–Crippen LogP) is 0.613. The lowest BCUT2D eigenvalue weighted by Gasteiger charge is -2.34. The van der Waals surface area contributed by atoms with Crippen LogP contribution in [0.5, 0.6) is 0 Å². The molecule has 1 unspecified atom stereocenters. The second-order valence-electron chi connectivity index (χ2n) is 4.35. The summed E-state index contributed by atoms with van der Waals surface area (Å²) >= 11 is 0. The Balaban J connectivity index is 1.91. The molecule has 0 aromatic heterocycles. The predicted molar refractivity (Wildman–Crippen MR) is 63.5 cm³/mol. The number of hydrogen-bond acceptors (Lipinski definition) is 3. The van der Waals surface area contributed by atoms with Crippen LogP contribution in [-0.2, 0) is 6.42 Å². The highest BCUT2D eigenvalue weighted by Gasteiger charge is 2.26. The molecule has 0 amide bonds. The Kier molecular flexibility index (Phi) is 3.93.